The Kier molecular flexibility index (Phi) is 5.74. The first-order valence-electron chi connectivity index (χ1n) is 7.99. The highest BCUT2D eigenvalue weighted by atomic mass is 35.5. The molecule has 7 nitrogen and oxygen atoms in total. The predicted molar refractivity (Wildman–Crippen MR) is 102 cm³/mol. The number of carbonyl (C=O) groups is 1. The van der Waals surface area contributed by atoms with Gasteiger partial charge in [0, 0.05) is 22.3 Å². The third-order valence-electron chi connectivity index (χ3n) is 4.24. The van der Waals surface area contributed by atoms with E-state index in [1.54, 1.807) is 6.92 Å². The first kappa shape index (κ1) is 19.6. The van der Waals surface area contributed by atoms with E-state index in [1.807, 2.05) is 24.3 Å². The van der Waals surface area contributed by atoms with Gasteiger partial charge in [0.15, 0.2) is 5.56 Å². The minimum Gasteiger partial charge on any atom is -0.506 e. The van der Waals surface area contributed by atoms with Crippen LogP contribution >= 0.6 is 12.4 Å². The smallest absolute Gasteiger partial charge is 0.345 e. The summed E-state index contributed by atoms with van der Waals surface area (Å²) in [5.41, 5.74) is 7.52. The van der Waals surface area contributed by atoms with E-state index in [0.717, 1.165) is 23.0 Å². The summed E-state index contributed by atoms with van der Waals surface area (Å²) in [4.78, 5) is 29.2. The summed E-state index contributed by atoms with van der Waals surface area (Å²) >= 11 is 0. The van der Waals surface area contributed by atoms with Crippen molar-refractivity contribution in [1.82, 2.24) is 9.97 Å². The Hall–Kier alpha value is -2.77. The summed E-state index contributed by atoms with van der Waals surface area (Å²) in [6.45, 7) is 2.33. The maximum Gasteiger partial charge on any atom is 0.345 e. The number of aromatic amines is 2. The van der Waals surface area contributed by atoms with Crippen LogP contribution in [0.2, 0.25) is 0 Å². The summed E-state index contributed by atoms with van der Waals surface area (Å²) in [7, 11) is 0. The number of carboxylic acid groups (broad SMARTS) is 1. The van der Waals surface area contributed by atoms with Crippen LogP contribution in [0, 0.1) is 0 Å². The van der Waals surface area contributed by atoms with Gasteiger partial charge in [-0.25, -0.2) is 4.79 Å². The number of hydrogen-bond donors (Lipinski definition) is 5. The lowest BCUT2D eigenvalue weighted by atomic mass is 10.00. The molecule has 0 bridgehead atoms. The molecule has 138 valence electrons. The van der Waals surface area contributed by atoms with Gasteiger partial charge in [-0.05, 0) is 36.9 Å². The van der Waals surface area contributed by atoms with E-state index in [0.29, 0.717) is 29.8 Å². The van der Waals surface area contributed by atoms with Gasteiger partial charge in [0.05, 0.1) is 5.69 Å². The number of halogens is 1. The van der Waals surface area contributed by atoms with Crippen LogP contribution in [0.4, 0.5) is 0 Å². The van der Waals surface area contributed by atoms with Crippen molar-refractivity contribution in [3.63, 3.8) is 0 Å². The Bertz CT molecular complexity index is 1020. The number of aromatic carboxylic acids is 1. The molecule has 1 aromatic carbocycles. The molecule has 0 aliphatic heterocycles. The molecule has 0 fully saturated rings. The van der Waals surface area contributed by atoms with Crippen LogP contribution in [-0.2, 0) is 12.8 Å². The molecule has 0 atom stereocenters. The molecule has 26 heavy (non-hydrogen) atoms. The number of carboxylic acids is 1. The summed E-state index contributed by atoms with van der Waals surface area (Å²) in [5.74, 6) is -1.93. The molecular weight excluding hydrogens is 358 g/mol. The highest BCUT2D eigenvalue weighted by Crippen LogP contribution is 2.31. The molecule has 3 rings (SSSR count). The highest BCUT2D eigenvalue weighted by Gasteiger charge is 2.22. The third kappa shape index (κ3) is 3.31. The molecule has 0 aliphatic rings. The summed E-state index contributed by atoms with van der Waals surface area (Å²) in [6.07, 6.45) is 1.11. The standard InChI is InChI=1S/C18H19N3O4.ClH/c1-2-12-15(21-17(23)14(16(12)22)18(24)25)10-4-3-9-7-11(5-6-19)20-13(9)8-10;/h3-4,7-8,20H,2,5-6,19H2,1H3,(H,24,25)(H2,21,22,23);1H. The molecule has 0 amide bonds. The van der Waals surface area contributed by atoms with E-state index in [1.165, 1.54) is 0 Å². The lowest BCUT2D eigenvalue weighted by Crippen LogP contribution is -2.20. The van der Waals surface area contributed by atoms with Crippen molar-refractivity contribution < 1.29 is 15.0 Å². The third-order valence-corrected chi connectivity index (χ3v) is 4.24. The topological polar surface area (TPSA) is 132 Å². The fourth-order valence-corrected chi connectivity index (χ4v) is 3.05. The first-order valence-corrected chi connectivity index (χ1v) is 7.99. The highest BCUT2D eigenvalue weighted by molar-refractivity contribution is 5.92. The molecule has 0 saturated heterocycles. The minimum absolute atomic E-state index is 0. The molecule has 2 heterocycles. The number of rotatable bonds is 5. The normalized spacial score (nSPS) is 10.7. The molecule has 8 heteroatoms. The maximum atomic E-state index is 12.1. The van der Waals surface area contributed by atoms with Crippen molar-refractivity contribution in [3.05, 3.63) is 51.4 Å². The quantitative estimate of drug-likeness (QED) is 0.465. The SMILES string of the molecule is CCc1c(-c2ccc3cc(CCN)[nH]c3c2)[nH]c(=O)c(C(=O)O)c1O.Cl. The number of benzene rings is 1. The van der Waals surface area contributed by atoms with Gasteiger partial charge in [0.2, 0.25) is 0 Å². The average Bonchev–Trinajstić information content (AvgIpc) is 2.95. The number of nitrogens with one attached hydrogen (secondary N) is 2. The summed E-state index contributed by atoms with van der Waals surface area (Å²) < 4.78 is 0. The monoisotopic (exact) mass is 377 g/mol. The Morgan fingerprint density at radius 3 is 2.58 bits per heavy atom. The molecule has 0 spiro atoms. The van der Waals surface area contributed by atoms with Crippen molar-refractivity contribution in [3.8, 4) is 17.0 Å². The van der Waals surface area contributed by atoms with Crippen molar-refractivity contribution >= 4 is 29.3 Å². The predicted octanol–water partition coefficient (Wildman–Crippen LogP) is 2.41. The number of aromatic hydroxyl groups is 1. The van der Waals surface area contributed by atoms with Crippen molar-refractivity contribution in [2.45, 2.75) is 19.8 Å². The van der Waals surface area contributed by atoms with Gasteiger partial charge in [-0.3, -0.25) is 4.79 Å². The molecule has 6 N–H and O–H groups in total. The van der Waals surface area contributed by atoms with Crippen LogP contribution in [0.1, 0.15) is 28.5 Å². The van der Waals surface area contributed by atoms with Crippen LogP contribution in [0.3, 0.4) is 0 Å². The Labute approximate surface area is 155 Å². The zero-order chi connectivity index (χ0) is 18.1. The van der Waals surface area contributed by atoms with Crippen molar-refractivity contribution in [2.24, 2.45) is 5.73 Å². The van der Waals surface area contributed by atoms with Crippen LogP contribution in [0.15, 0.2) is 29.1 Å². The fraction of sp³-hybridized carbons (Fsp3) is 0.222. The summed E-state index contributed by atoms with van der Waals surface area (Å²) in [6, 6.07) is 7.61. The number of H-pyrrole nitrogens is 2. The molecule has 0 aliphatic carbocycles. The number of fused-ring (bicyclic) bond motifs is 1. The van der Waals surface area contributed by atoms with Gasteiger partial charge in [0.25, 0.3) is 5.56 Å². The first-order chi connectivity index (χ1) is 12.0. The van der Waals surface area contributed by atoms with E-state index < -0.39 is 22.8 Å². The van der Waals surface area contributed by atoms with Gasteiger partial charge in [-0.15, -0.1) is 12.4 Å². The molecule has 3 aromatic rings. The molecular formula is C18H20ClN3O4. The number of aromatic nitrogens is 2. The van der Waals surface area contributed by atoms with E-state index in [-0.39, 0.29) is 12.4 Å². The van der Waals surface area contributed by atoms with Gasteiger partial charge in [-0.1, -0.05) is 19.1 Å². The lowest BCUT2D eigenvalue weighted by Gasteiger charge is -2.12. The second-order valence-corrected chi connectivity index (χ2v) is 5.83. The van der Waals surface area contributed by atoms with Crippen LogP contribution in [0.5, 0.6) is 5.75 Å². The molecule has 0 saturated carbocycles. The van der Waals surface area contributed by atoms with Crippen molar-refractivity contribution in [2.75, 3.05) is 6.54 Å². The largest absolute Gasteiger partial charge is 0.506 e. The average molecular weight is 378 g/mol. The number of hydrogen-bond acceptors (Lipinski definition) is 4. The minimum atomic E-state index is -1.45. The number of nitrogens with two attached hydrogens (primary N) is 1. The summed E-state index contributed by atoms with van der Waals surface area (Å²) in [5, 5.41) is 20.4. The van der Waals surface area contributed by atoms with E-state index >= 15 is 0 Å². The Morgan fingerprint density at radius 2 is 1.96 bits per heavy atom. The zero-order valence-corrected chi connectivity index (χ0v) is 14.9. The van der Waals surface area contributed by atoms with E-state index in [4.69, 9.17) is 10.8 Å². The van der Waals surface area contributed by atoms with Gasteiger partial charge < -0.3 is 25.9 Å². The van der Waals surface area contributed by atoms with Gasteiger partial charge in [-0.2, -0.15) is 0 Å². The molecule has 0 unspecified atom stereocenters. The molecule has 0 radical (unpaired) electrons. The zero-order valence-electron chi connectivity index (χ0n) is 14.1. The number of pyridine rings is 1. The second kappa shape index (κ2) is 7.63. The van der Waals surface area contributed by atoms with Crippen LogP contribution in [-0.4, -0.2) is 32.7 Å². The van der Waals surface area contributed by atoms with Crippen LogP contribution in [0.25, 0.3) is 22.2 Å². The van der Waals surface area contributed by atoms with Gasteiger partial charge >= 0.3 is 5.97 Å². The lowest BCUT2D eigenvalue weighted by molar-refractivity contribution is 0.0691. The molecule has 2 aromatic heterocycles. The Morgan fingerprint density at radius 1 is 1.23 bits per heavy atom. The van der Waals surface area contributed by atoms with Crippen LogP contribution < -0.4 is 11.3 Å². The van der Waals surface area contributed by atoms with E-state index in [9.17, 15) is 14.7 Å². The van der Waals surface area contributed by atoms with Crippen molar-refractivity contribution in [1.29, 1.82) is 0 Å². The van der Waals surface area contributed by atoms with E-state index in [2.05, 4.69) is 9.97 Å². The Balaban J connectivity index is 0.00000243. The van der Waals surface area contributed by atoms with Gasteiger partial charge in [0.1, 0.15) is 5.75 Å². The maximum absolute atomic E-state index is 12.1. The second-order valence-electron chi connectivity index (χ2n) is 5.83. The fourth-order valence-electron chi connectivity index (χ4n) is 3.05.